The molecule has 0 atom stereocenters. The summed E-state index contributed by atoms with van der Waals surface area (Å²) in [6, 6.07) is 14.1. The Balaban J connectivity index is 1.26. The van der Waals surface area contributed by atoms with E-state index in [0.29, 0.717) is 11.4 Å². The van der Waals surface area contributed by atoms with E-state index in [2.05, 4.69) is 20.6 Å². The fourth-order valence-corrected chi connectivity index (χ4v) is 5.68. The van der Waals surface area contributed by atoms with E-state index in [1.165, 1.54) is 45.6 Å². The standard InChI is InChI=1S/C25H20F4N6O3S/c26-22-15-18(17-2-1-3-19(14-17)25(27,28)29)6-9-21(22)24(36)34-10-12-35(13-11-34)39(37,38)20-7-4-16(5-8-20)23-30-32-33-31-23/h1-9,14-15H,10-13H2,(H,30,31,32,33). The molecule has 0 saturated carbocycles. The predicted molar refractivity (Wildman–Crippen MR) is 131 cm³/mol. The second-order valence-corrected chi connectivity index (χ2v) is 10.7. The molecular weight excluding hydrogens is 540 g/mol. The number of H-pyrrole nitrogens is 1. The number of piperazine rings is 1. The topological polar surface area (TPSA) is 112 Å². The number of aromatic amines is 1. The SMILES string of the molecule is O=C(c1ccc(-c2cccc(C(F)(F)F)c2)cc1F)N1CCN(S(=O)(=O)c2ccc(-c3nn[nH]n3)cc2)CC1. The first-order valence-electron chi connectivity index (χ1n) is 11.6. The normalized spacial score (nSPS) is 14.9. The van der Waals surface area contributed by atoms with Gasteiger partial charge in [-0.25, -0.2) is 12.8 Å². The number of nitrogens with one attached hydrogen (secondary N) is 1. The van der Waals surface area contributed by atoms with Crippen LogP contribution >= 0.6 is 0 Å². The maximum Gasteiger partial charge on any atom is 0.416 e. The van der Waals surface area contributed by atoms with Crippen molar-refractivity contribution >= 4 is 15.9 Å². The molecule has 1 aliphatic heterocycles. The maximum atomic E-state index is 14.9. The maximum absolute atomic E-state index is 14.9. The fraction of sp³-hybridized carbons (Fsp3) is 0.200. The monoisotopic (exact) mass is 560 g/mol. The Morgan fingerprint density at radius 2 is 1.54 bits per heavy atom. The van der Waals surface area contributed by atoms with Crippen molar-refractivity contribution < 1.29 is 30.8 Å². The van der Waals surface area contributed by atoms with Gasteiger partial charge in [-0.05, 0) is 64.9 Å². The van der Waals surface area contributed by atoms with Crippen LogP contribution in [0.25, 0.3) is 22.5 Å². The number of nitrogens with zero attached hydrogens (tertiary/aromatic N) is 5. The zero-order valence-electron chi connectivity index (χ0n) is 20.1. The van der Waals surface area contributed by atoms with Crippen molar-refractivity contribution in [3.8, 4) is 22.5 Å². The van der Waals surface area contributed by atoms with Gasteiger partial charge < -0.3 is 4.90 Å². The fourth-order valence-electron chi connectivity index (χ4n) is 4.25. The van der Waals surface area contributed by atoms with Gasteiger partial charge in [0.25, 0.3) is 5.91 Å². The van der Waals surface area contributed by atoms with Crippen molar-refractivity contribution in [2.24, 2.45) is 0 Å². The molecular formula is C25H20F4N6O3S. The van der Waals surface area contributed by atoms with Gasteiger partial charge in [-0.1, -0.05) is 18.2 Å². The number of halogens is 4. The molecule has 1 aliphatic rings. The number of benzene rings is 3. The second-order valence-electron chi connectivity index (χ2n) is 8.73. The molecule has 3 aromatic carbocycles. The van der Waals surface area contributed by atoms with Crippen molar-refractivity contribution in [3.05, 3.63) is 83.7 Å². The molecule has 0 bridgehead atoms. The van der Waals surface area contributed by atoms with Crippen LogP contribution in [0.4, 0.5) is 17.6 Å². The van der Waals surface area contributed by atoms with Crippen LogP contribution < -0.4 is 0 Å². The van der Waals surface area contributed by atoms with Crippen LogP contribution in [-0.2, 0) is 16.2 Å². The summed E-state index contributed by atoms with van der Waals surface area (Å²) in [6.45, 7) is 0.0802. The number of rotatable bonds is 5. The summed E-state index contributed by atoms with van der Waals surface area (Å²) in [4.78, 5) is 14.4. The van der Waals surface area contributed by atoms with E-state index >= 15 is 0 Å². The molecule has 1 fully saturated rings. The van der Waals surface area contributed by atoms with Crippen LogP contribution in [0.2, 0.25) is 0 Å². The highest BCUT2D eigenvalue weighted by atomic mass is 32.2. The van der Waals surface area contributed by atoms with E-state index < -0.39 is 33.5 Å². The minimum Gasteiger partial charge on any atom is -0.336 e. The molecule has 14 heteroatoms. The Bertz CT molecular complexity index is 1600. The van der Waals surface area contributed by atoms with Crippen LogP contribution in [0.3, 0.4) is 0 Å². The quantitative estimate of drug-likeness (QED) is 0.372. The number of amides is 1. The number of carbonyl (C=O) groups is 1. The first-order valence-corrected chi connectivity index (χ1v) is 13.1. The Morgan fingerprint density at radius 1 is 0.872 bits per heavy atom. The number of hydrogen-bond acceptors (Lipinski definition) is 6. The highest BCUT2D eigenvalue weighted by molar-refractivity contribution is 7.89. The summed E-state index contributed by atoms with van der Waals surface area (Å²) in [6.07, 6.45) is -4.54. The Kier molecular flexibility index (Phi) is 6.91. The molecule has 9 nitrogen and oxygen atoms in total. The first-order chi connectivity index (χ1) is 18.5. The van der Waals surface area contributed by atoms with Crippen molar-refractivity contribution in [2.75, 3.05) is 26.2 Å². The lowest BCUT2D eigenvalue weighted by Gasteiger charge is -2.34. The molecule has 1 N–H and O–H groups in total. The van der Waals surface area contributed by atoms with Crippen LogP contribution in [0.15, 0.2) is 71.6 Å². The Labute approximate surface area is 220 Å². The van der Waals surface area contributed by atoms with Gasteiger partial charge in [0.1, 0.15) is 5.82 Å². The van der Waals surface area contributed by atoms with Crippen LogP contribution in [-0.4, -0.2) is 70.3 Å². The first kappa shape index (κ1) is 26.4. The summed E-state index contributed by atoms with van der Waals surface area (Å²) in [5.74, 6) is -1.20. The molecule has 202 valence electrons. The largest absolute Gasteiger partial charge is 0.416 e. The van der Waals surface area contributed by atoms with Gasteiger partial charge in [0.05, 0.1) is 16.0 Å². The van der Waals surface area contributed by atoms with Gasteiger partial charge in [-0.2, -0.15) is 22.7 Å². The van der Waals surface area contributed by atoms with Crippen molar-refractivity contribution in [2.45, 2.75) is 11.1 Å². The van der Waals surface area contributed by atoms with E-state index in [0.717, 1.165) is 18.2 Å². The number of carbonyl (C=O) groups excluding carboxylic acids is 1. The molecule has 1 aromatic heterocycles. The number of tetrazole rings is 1. The molecule has 0 spiro atoms. The van der Waals surface area contributed by atoms with Gasteiger partial charge in [0, 0.05) is 31.7 Å². The third-order valence-corrected chi connectivity index (χ3v) is 8.26. The van der Waals surface area contributed by atoms with Crippen LogP contribution in [0.1, 0.15) is 15.9 Å². The molecule has 1 saturated heterocycles. The van der Waals surface area contributed by atoms with E-state index in [1.54, 1.807) is 12.1 Å². The number of sulfonamides is 1. The number of aromatic nitrogens is 4. The average molecular weight is 561 g/mol. The zero-order valence-corrected chi connectivity index (χ0v) is 20.9. The minimum atomic E-state index is -4.54. The zero-order chi connectivity index (χ0) is 27.8. The second kappa shape index (κ2) is 10.2. The highest BCUT2D eigenvalue weighted by Crippen LogP contribution is 2.32. The molecule has 2 heterocycles. The highest BCUT2D eigenvalue weighted by Gasteiger charge is 2.32. The minimum absolute atomic E-state index is 0.00457. The van der Waals surface area contributed by atoms with Crippen LogP contribution in [0, 0.1) is 5.82 Å². The van der Waals surface area contributed by atoms with Crippen molar-refractivity contribution in [1.29, 1.82) is 0 Å². The summed E-state index contributed by atoms with van der Waals surface area (Å²) < 4.78 is 81.4. The van der Waals surface area contributed by atoms with Gasteiger partial charge in [-0.15, -0.1) is 10.2 Å². The molecule has 0 radical (unpaired) electrons. The summed E-state index contributed by atoms with van der Waals surface area (Å²) >= 11 is 0. The van der Waals surface area contributed by atoms with Gasteiger partial charge >= 0.3 is 6.18 Å². The molecule has 5 rings (SSSR count). The molecule has 0 aliphatic carbocycles. The predicted octanol–water partition coefficient (Wildman–Crippen LogP) is 3.84. The Hall–Kier alpha value is -4.17. The van der Waals surface area contributed by atoms with E-state index in [9.17, 15) is 30.8 Å². The lowest BCUT2D eigenvalue weighted by molar-refractivity contribution is -0.137. The van der Waals surface area contributed by atoms with Crippen LogP contribution in [0.5, 0.6) is 0 Å². The molecule has 0 unspecified atom stereocenters. The molecule has 1 amide bonds. The van der Waals surface area contributed by atoms with Gasteiger partial charge in [0.2, 0.25) is 15.8 Å². The third-order valence-electron chi connectivity index (χ3n) is 6.34. The number of hydrogen-bond donors (Lipinski definition) is 1. The third kappa shape index (κ3) is 5.38. The summed E-state index contributed by atoms with van der Waals surface area (Å²) in [5, 5.41) is 13.5. The van der Waals surface area contributed by atoms with E-state index in [4.69, 9.17) is 0 Å². The summed E-state index contributed by atoms with van der Waals surface area (Å²) in [7, 11) is -3.84. The van der Waals surface area contributed by atoms with Crippen molar-refractivity contribution in [3.63, 3.8) is 0 Å². The average Bonchev–Trinajstić information content (AvgIpc) is 3.48. The van der Waals surface area contributed by atoms with Crippen molar-refractivity contribution in [1.82, 2.24) is 29.8 Å². The van der Waals surface area contributed by atoms with E-state index in [-0.39, 0.29) is 47.8 Å². The lowest BCUT2D eigenvalue weighted by atomic mass is 10.0. The lowest BCUT2D eigenvalue weighted by Crippen LogP contribution is -2.50. The summed E-state index contributed by atoms with van der Waals surface area (Å²) in [5.41, 5.74) is -0.183. The van der Waals surface area contributed by atoms with Gasteiger partial charge in [0.15, 0.2) is 0 Å². The Morgan fingerprint density at radius 3 is 2.15 bits per heavy atom. The molecule has 39 heavy (non-hydrogen) atoms. The molecule has 4 aromatic rings. The smallest absolute Gasteiger partial charge is 0.336 e. The number of alkyl halides is 3. The van der Waals surface area contributed by atoms with Gasteiger partial charge in [-0.3, -0.25) is 4.79 Å². The van der Waals surface area contributed by atoms with E-state index in [1.807, 2.05) is 0 Å².